The Morgan fingerprint density at radius 1 is 1.31 bits per heavy atom. The zero-order valence-electron chi connectivity index (χ0n) is 7.94. The minimum Gasteiger partial charge on any atom is -0.387 e. The van der Waals surface area contributed by atoms with E-state index in [1.165, 1.54) is 7.11 Å². The van der Waals surface area contributed by atoms with Gasteiger partial charge in [0, 0.05) is 14.2 Å². The van der Waals surface area contributed by atoms with Crippen LogP contribution < -0.4 is 0 Å². The average molecular weight is 255 g/mol. The molecule has 0 spiro atoms. The molecule has 5 heteroatoms. The van der Waals surface area contributed by atoms with E-state index in [2.05, 4.69) is 15.9 Å². The molecule has 5 atom stereocenters. The minimum atomic E-state index is -0.703. The van der Waals surface area contributed by atoms with E-state index in [-0.39, 0.29) is 17.0 Å². The highest BCUT2D eigenvalue weighted by Crippen LogP contribution is 2.28. The molecule has 0 aromatic rings. The van der Waals surface area contributed by atoms with Gasteiger partial charge in [0.15, 0.2) is 6.29 Å². The van der Waals surface area contributed by atoms with Gasteiger partial charge in [-0.3, -0.25) is 0 Å². The van der Waals surface area contributed by atoms with Crippen LogP contribution in [0.1, 0.15) is 6.92 Å². The minimum absolute atomic E-state index is 0.0947. The molecule has 78 valence electrons. The van der Waals surface area contributed by atoms with Gasteiger partial charge in [-0.25, -0.2) is 0 Å². The molecular formula is C8H15BrO4. The molecule has 1 saturated heterocycles. The Morgan fingerprint density at radius 3 is 2.38 bits per heavy atom. The molecule has 1 N–H and O–H groups in total. The van der Waals surface area contributed by atoms with Crippen molar-refractivity contribution in [3.05, 3.63) is 0 Å². The Balaban J connectivity index is 2.66. The van der Waals surface area contributed by atoms with Gasteiger partial charge in [0.2, 0.25) is 0 Å². The third-order valence-electron chi connectivity index (χ3n) is 2.23. The quantitative estimate of drug-likeness (QED) is 0.731. The number of hydrogen-bond acceptors (Lipinski definition) is 4. The maximum atomic E-state index is 9.68. The SMILES string of the molecule is CO[C@H]1O[C@H](C)[C@@H](OC)[C@H](Br)[C@H]1O. The molecule has 1 fully saturated rings. The number of methoxy groups -OCH3 is 2. The van der Waals surface area contributed by atoms with Crippen LogP contribution >= 0.6 is 15.9 Å². The highest BCUT2D eigenvalue weighted by molar-refractivity contribution is 9.09. The number of halogens is 1. The normalized spacial score (nSPS) is 46.4. The summed E-state index contributed by atoms with van der Waals surface area (Å²) in [6, 6.07) is 0. The second kappa shape index (κ2) is 4.70. The molecule has 0 aromatic carbocycles. The number of ether oxygens (including phenoxy) is 3. The Kier molecular flexibility index (Phi) is 4.12. The van der Waals surface area contributed by atoms with Crippen LogP contribution in [-0.2, 0) is 14.2 Å². The third-order valence-corrected chi connectivity index (χ3v) is 3.30. The molecule has 13 heavy (non-hydrogen) atoms. The predicted molar refractivity (Wildman–Crippen MR) is 50.9 cm³/mol. The van der Waals surface area contributed by atoms with Gasteiger partial charge in [0.25, 0.3) is 0 Å². The number of aliphatic hydroxyl groups excluding tert-OH is 1. The van der Waals surface area contributed by atoms with E-state index in [0.717, 1.165) is 0 Å². The molecule has 0 bridgehead atoms. The second-order valence-corrected chi connectivity index (χ2v) is 4.14. The zero-order chi connectivity index (χ0) is 10.0. The molecule has 0 unspecified atom stereocenters. The van der Waals surface area contributed by atoms with Crippen molar-refractivity contribution >= 4 is 15.9 Å². The van der Waals surface area contributed by atoms with Crippen molar-refractivity contribution in [1.82, 2.24) is 0 Å². The summed E-state index contributed by atoms with van der Waals surface area (Å²) < 4.78 is 15.6. The van der Waals surface area contributed by atoms with Gasteiger partial charge in [-0.05, 0) is 6.92 Å². The van der Waals surface area contributed by atoms with Crippen LogP contribution in [0.3, 0.4) is 0 Å². The van der Waals surface area contributed by atoms with Crippen LogP contribution in [0.2, 0.25) is 0 Å². The van der Waals surface area contributed by atoms with Crippen LogP contribution in [-0.4, -0.2) is 48.8 Å². The van der Waals surface area contributed by atoms with E-state index >= 15 is 0 Å². The summed E-state index contributed by atoms with van der Waals surface area (Å²) in [6.45, 7) is 1.89. The van der Waals surface area contributed by atoms with Crippen molar-refractivity contribution in [2.75, 3.05) is 14.2 Å². The van der Waals surface area contributed by atoms with Crippen LogP contribution in [0.25, 0.3) is 0 Å². The average Bonchev–Trinajstić information content (AvgIpc) is 2.12. The fourth-order valence-electron chi connectivity index (χ4n) is 1.49. The van der Waals surface area contributed by atoms with Crippen molar-refractivity contribution in [2.24, 2.45) is 0 Å². The number of hydrogen-bond donors (Lipinski definition) is 1. The largest absolute Gasteiger partial charge is 0.387 e. The first-order chi connectivity index (χ1) is 6.11. The lowest BCUT2D eigenvalue weighted by atomic mass is 10.0. The second-order valence-electron chi connectivity index (χ2n) is 3.08. The molecule has 1 rings (SSSR count). The molecule has 0 saturated carbocycles. The van der Waals surface area contributed by atoms with E-state index in [0.29, 0.717) is 0 Å². The maximum absolute atomic E-state index is 9.68. The van der Waals surface area contributed by atoms with E-state index in [1.54, 1.807) is 7.11 Å². The van der Waals surface area contributed by atoms with Crippen LogP contribution in [0, 0.1) is 0 Å². The third kappa shape index (κ3) is 2.22. The molecule has 1 heterocycles. The number of rotatable bonds is 2. The lowest BCUT2D eigenvalue weighted by Crippen LogP contribution is -2.55. The molecule has 0 aliphatic carbocycles. The maximum Gasteiger partial charge on any atom is 0.184 e. The van der Waals surface area contributed by atoms with Crippen molar-refractivity contribution in [2.45, 2.75) is 36.4 Å². The van der Waals surface area contributed by atoms with Gasteiger partial charge >= 0.3 is 0 Å². The van der Waals surface area contributed by atoms with Crippen molar-refractivity contribution < 1.29 is 19.3 Å². The first-order valence-corrected chi connectivity index (χ1v) is 5.06. The Hall–Kier alpha value is 0.320. The zero-order valence-corrected chi connectivity index (χ0v) is 9.52. The van der Waals surface area contributed by atoms with Gasteiger partial charge in [-0.15, -0.1) is 0 Å². The Bertz CT molecular complexity index is 166. The summed E-state index contributed by atoms with van der Waals surface area (Å²) >= 11 is 3.37. The van der Waals surface area contributed by atoms with E-state index in [4.69, 9.17) is 14.2 Å². The lowest BCUT2D eigenvalue weighted by molar-refractivity contribution is -0.251. The van der Waals surface area contributed by atoms with E-state index < -0.39 is 12.4 Å². The smallest absolute Gasteiger partial charge is 0.184 e. The first kappa shape index (κ1) is 11.4. The topological polar surface area (TPSA) is 47.9 Å². The molecule has 0 aromatic heterocycles. The highest BCUT2D eigenvalue weighted by Gasteiger charge is 2.42. The van der Waals surface area contributed by atoms with Gasteiger partial charge in [0.1, 0.15) is 6.10 Å². The van der Waals surface area contributed by atoms with E-state index in [9.17, 15) is 5.11 Å². The molecule has 4 nitrogen and oxygen atoms in total. The number of aliphatic hydroxyl groups is 1. The summed E-state index contributed by atoms with van der Waals surface area (Å²) in [6.07, 6.45) is -1.53. The monoisotopic (exact) mass is 254 g/mol. The Morgan fingerprint density at radius 2 is 1.92 bits per heavy atom. The van der Waals surface area contributed by atoms with Crippen LogP contribution in [0.5, 0.6) is 0 Å². The number of alkyl halides is 1. The summed E-state index contributed by atoms with van der Waals surface area (Å²) in [4.78, 5) is -0.161. The van der Waals surface area contributed by atoms with Gasteiger partial charge < -0.3 is 19.3 Å². The fourth-order valence-corrected chi connectivity index (χ4v) is 2.38. The Labute approximate surface area is 86.3 Å². The molecular weight excluding hydrogens is 240 g/mol. The summed E-state index contributed by atoms with van der Waals surface area (Å²) in [7, 11) is 3.10. The molecule has 1 aliphatic rings. The van der Waals surface area contributed by atoms with Crippen molar-refractivity contribution in [3.8, 4) is 0 Å². The standard InChI is InChI=1S/C8H15BrO4/c1-4-7(11-2)5(9)6(10)8(12-3)13-4/h4-8,10H,1-3H3/t4-,5-,6-,7-,8+/m1/s1. The van der Waals surface area contributed by atoms with E-state index in [1.807, 2.05) is 6.92 Å². The van der Waals surface area contributed by atoms with Crippen LogP contribution in [0.4, 0.5) is 0 Å². The van der Waals surface area contributed by atoms with Crippen molar-refractivity contribution in [3.63, 3.8) is 0 Å². The summed E-state index contributed by atoms with van der Waals surface area (Å²) in [5.41, 5.74) is 0. The van der Waals surface area contributed by atoms with Gasteiger partial charge in [-0.1, -0.05) is 15.9 Å². The van der Waals surface area contributed by atoms with Gasteiger partial charge in [-0.2, -0.15) is 0 Å². The fraction of sp³-hybridized carbons (Fsp3) is 1.00. The summed E-state index contributed by atoms with van der Waals surface area (Å²) in [5.74, 6) is 0. The molecule has 0 amide bonds. The molecule has 0 radical (unpaired) electrons. The highest BCUT2D eigenvalue weighted by atomic mass is 79.9. The predicted octanol–water partition coefficient (Wildman–Crippen LogP) is 0.517. The van der Waals surface area contributed by atoms with Gasteiger partial charge in [0.05, 0.1) is 17.0 Å². The first-order valence-electron chi connectivity index (χ1n) is 4.15. The molecule has 1 aliphatic heterocycles. The van der Waals surface area contributed by atoms with Crippen LogP contribution in [0.15, 0.2) is 0 Å². The van der Waals surface area contributed by atoms with Crippen molar-refractivity contribution in [1.29, 1.82) is 0 Å². The lowest BCUT2D eigenvalue weighted by Gasteiger charge is -2.40. The summed E-state index contributed by atoms with van der Waals surface area (Å²) in [5, 5.41) is 9.68.